The maximum Gasteiger partial charge on any atom is 0.334 e. The van der Waals surface area contributed by atoms with Crippen molar-refractivity contribution in [2.45, 2.75) is 51.7 Å². The third-order valence-electron chi connectivity index (χ3n) is 4.23. The van der Waals surface area contributed by atoms with E-state index in [-0.39, 0.29) is 0 Å². The van der Waals surface area contributed by atoms with Gasteiger partial charge in [0, 0.05) is 5.56 Å². The normalized spacial score (nSPS) is 15.1. The minimum atomic E-state index is -0.950. The molecular weight excluding hydrogens is 267 g/mol. The van der Waals surface area contributed by atoms with E-state index < -0.39 is 11.2 Å². The molecule has 115 valence electrons. The fourth-order valence-corrected chi connectivity index (χ4v) is 2.12. The zero-order valence-electron chi connectivity index (χ0n) is 13.5. The predicted octanol–water partition coefficient (Wildman–Crippen LogP) is 1.83. The van der Waals surface area contributed by atoms with Crippen LogP contribution in [0.25, 0.3) is 0 Å². The molecule has 0 spiro atoms. The first-order valence-electron chi connectivity index (χ1n) is 7.32. The Morgan fingerprint density at radius 2 is 1.95 bits per heavy atom. The highest BCUT2D eigenvalue weighted by Crippen LogP contribution is 2.32. The average Bonchev–Trinajstić information content (AvgIpc) is 2.43. The molecule has 5 heteroatoms. The fraction of sp³-hybridized carbons (Fsp3) is 0.625. The largest absolute Gasteiger partial charge is 0.497 e. The van der Waals surface area contributed by atoms with Gasteiger partial charge in [-0.15, -0.1) is 0 Å². The zero-order valence-corrected chi connectivity index (χ0v) is 13.5. The van der Waals surface area contributed by atoms with E-state index in [0.29, 0.717) is 0 Å². The van der Waals surface area contributed by atoms with Gasteiger partial charge in [-0.25, -0.2) is 0 Å². The number of hydrogen-bond acceptors (Lipinski definition) is 4. The summed E-state index contributed by atoms with van der Waals surface area (Å²) in [6.45, 7) is 7.94. The molecule has 21 heavy (non-hydrogen) atoms. The molecule has 2 rings (SSSR count). The van der Waals surface area contributed by atoms with E-state index in [2.05, 4.69) is 0 Å². The molecule has 0 amide bonds. The molecule has 0 aromatic heterocycles. The van der Waals surface area contributed by atoms with E-state index in [1.165, 1.54) is 0 Å². The van der Waals surface area contributed by atoms with Crippen LogP contribution in [0.15, 0.2) is 12.1 Å². The van der Waals surface area contributed by atoms with E-state index >= 15 is 0 Å². The van der Waals surface area contributed by atoms with E-state index in [1.807, 2.05) is 26.0 Å². The summed E-state index contributed by atoms with van der Waals surface area (Å²) < 4.78 is 17.0. The van der Waals surface area contributed by atoms with Crippen LogP contribution in [0.4, 0.5) is 0 Å². The van der Waals surface area contributed by atoms with Crippen LogP contribution in [0.5, 0.6) is 11.5 Å². The summed E-state index contributed by atoms with van der Waals surface area (Å²) in [6.07, 6.45) is 1.93. The number of methoxy groups -OCH3 is 1. The SMILES string of the molecule is COc1c([B]OC(C)(C)C(C)(C)O)ccc2c1CCCO2. The quantitative estimate of drug-likeness (QED) is 0.841. The highest BCUT2D eigenvalue weighted by molar-refractivity contribution is 6.48. The molecule has 0 saturated heterocycles. The lowest BCUT2D eigenvalue weighted by Crippen LogP contribution is -2.49. The molecule has 0 aliphatic carbocycles. The number of rotatable bonds is 5. The van der Waals surface area contributed by atoms with Crippen molar-refractivity contribution in [3.8, 4) is 11.5 Å². The molecule has 1 aliphatic heterocycles. The van der Waals surface area contributed by atoms with Crippen molar-refractivity contribution in [2.24, 2.45) is 0 Å². The lowest BCUT2D eigenvalue weighted by atomic mass is 9.80. The molecule has 0 bridgehead atoms. The van der Waals surface area contributed by atoms with Crippen molar-refractivity contribution >= 4 is 12.9 Å². The monoisotopic (exact) mass is 291 g/mol. The summed E-state index contributed by atoms with van der Waals surface area (Å²) in [7, 11) is 3.31. The predicted molar refractivity (Wildman–Crippen MR) is 83.7 cm³/mol. The molecule has 0 saturated carbocycles. The second-order valence-corrected chi connectivity index (χ2v) is 6.42. The number of ether oxygens (including phenoxy) is 2. The molecular formula is C16H24BO4. The first-order chi connectivity index (χ1) is 9.76. The van der Waals surface area contributed by atoms with E-state index in [0.717, 1.165) is 42.0 Å². The second kappa shape index (κ2) is 5.89. The first kappa shape index (κ1) is 16.2. The molecule has 1 N–H and O–H groups in total. The molecule has 0 fully saturated rings. The van der Waals surface area contributed by atoms with Crippen LogP contribution in [0, 0.1) is 0 Å². The summed E-state index contributed by atoms with van der Waals surface area (Å²) in [4.78, 5) is 0. The van der Waals surface area contributed by atoms with Crippen LogP contribution in [0.2, 0.25) is 0 Å². The summed E-state index contributed by atoms with van der Waals surface area (Å²) in [5.74, 6) is 1.68. The Labute approximate surface area is 127 Å². The molecule has 0 unspecified atom stereocenters. The van der Waals surface area contributed by atoms with Crippen LogP contribution in [0.3, 0.4) is 0 Å². The van der Waals surface area contributed by atoms with E-state index in [1.54, 1.807) is 28.4 Å². The second-order valence-electron chi connectivity index (χ2n) is 6.42. The smallest absolute Gasteiger partial charge is 0.334 e. The van der Waals surface area contributed by atoms with Gasteiger partial charge in [0.25, 0.3) is 0 Å². The third kappa shape index (κ3) is 3.35. The minimum absolute atomic E-state index is 0.704. The summed E-state index contributed by atoms with van der Waals surface area (Å²) in [6, 6.07) is 3.87. The summed E-state index contributed by atoms with van der Waals surface area (Å²) in [5.41, 5.74) is 0.291. The van der Waals surface area contributed by atoms with Crippen LogP contribution < -0.4 is 14.9 Å². The zero-order chi connectivity index (χ0) is 15.7. The Kier molecular flexibility index (Phi) is 4.54. The standard InChI is InChI=1S/C16H24BO4/c1-15(2,18)16(3,4)21-17-12-8-9-13-11(14(12)19-5)7-6-10-20-13/h8-9,18H,6-7,10H2,1-5H3. The summed E-state index contributed by atoms with van der Waals surface area (Å²) >= 11 is 0. The number of fused-ring (bicyclic) bond motifs is 1. The van der Waals surface area contributed by atoms with Crippen LogP contribution in [0.1, 0.15) is 39.7 Å². The average molecular weight is 291 g/mol. The topological polar surface area (TPSA) is 47.9 Å². The Bertz CT molecular complexity index is 506. The number of aliphatic hydroxyl groups is 1. The Hall–Kier alpha value is -1.20. The van der Waals surface area contributed by atoms with Crippen LogP contribution in [-0.2, 0) is 11.1 Å². The summed E-state index contributed by atoms with van der Waals surface area (Å²) in [5, 5.41) is 10.1. The van der Waals surface area contributed by atoms with Crippen molar-refractivity contribution in [2.75, 3.05) is 13.7 Å². The van der Waals surface area contributed by atoms with Gasteiger partial charge in [0.15, 0.2) is 0 Å². The molecule has 1 aromatic carbocycles. The Morgan fingerprint density at radius 1 is 1.24 bits per heavy atom. The van der Waals surface area contributed by atoms with Crippen molar-refractivity contribution < 1.29 is 19.2 Å². The highest BCUT2D eigenvalue weighted by Gasteiger charge is 2.36. The molecule has 4 nitrogen and oxygen atoms in total. The van der Waals surface area contributed by atoms with Gasteiger partial charge in [-0.3, -0.25) is 0 Å². The lowest BCUT2D eigenvalue weighted by molar-refractivity contribution is -0.0893. The number of benzene rings is 1. The maximum atomic E-state index is 10.1. The Balaban J connectivity index is 2.21. The van der Waals surface area contributed by atoms with Gasteiger partial charge < -0.3 is 19.2 Å². The number of hydrogen-bond donors (Lipinski definition) is 1. The highest BCUT2D eigenvalue weighted by atomic mass is 16.5. The van der Waals surface area contributed by atoms with Gasteiger partial charge >= 0.3 is 7.48 Å². The molecule has 1 aliphatic rings. The lowest BCUT2D eigenvalue weighted by Gasteiger charge is -2.37. The van der Waals surface area contributed by atoms with Gasteiger partial charge in [-0.2, -0.15) is 0 Å². The van der Waals surface area contributed by atoms with Gasteiger partial charge in [0.1, 0.15) is 11.5 Å². The van der Waals surface area contributed by atoms with E-state index in [9.17, 15) is 5.11 Å². The van der Waals surface area contributed by atoms with Crippen LogP contribution in [-0.4, -0.2) is 37.5 Å². The van der Waals surface area contributed by atoms with Crippen molar-refractivity contribution in [3.05, 3.63) is 17.7 Å². The van der Waals surface area contributed by atoms with Gasteiger partial charge in [-0.1, -0.05) is 6.07 Å². The molecule has 1 radical (unpaired) electrons. The molecule has 1 heterocycles. The molecule has 1 aromatic rings. The Morgan fingerprint density at radius 3 is 2.57 bits per heavy atom. The fourth-order valence-electron chi connectivity index (χ4n) is 2.12. The first-order valence-corrected chi connectivity index (χ1v) is 7.32. The van der Waals surface area contributed by atoms with Gasteiger partial charge in [-0.05, 0) is 52.1 Å². The van der Waals surface area contributed by atoms with Crippen molar-refractivity contribution in [1.29, 1.82) is 0 Å². The van der Waals surface area contributed by atoms with Crippen LogP contribution >= 0.6 is 0 Å². The third-order valence-corrected chi connectivity index (χ3v) is 4.23. The van der Waals surface area contributed by atoms with Gasteiger partial charge in [0.2, 0.25) is 0 Å². The molecule has 0 atom stereocenters. The maximum absolute atomic E-state index is 10.1. The minimum Gasteiger partial charge on any atom is -0.497 e. The van der Waals surface area contributed by atoms with Crippen molar-refractivity contribution in [3.63, 3.8) is 0 Å². The van der Waals surface area contributed by atoms with Gasteiger partial charge in [0.05, 0.1) is 24.9 Å². The van der Waals surface area contributed by atoms with E-state index in [4.69, 9.17) is 14.1 Å². The van der Waals surface area contributed by atoms with Crippen molar-refractivity contribution in [1.82, 2.24) is 0 Å².